The van der Waals surface area contributed by atoms with E-state index >= 15 is 0 Å². The van der Waals surface area contributed by atoms with E-state index in [1.54, 1.807) is 6.07 Å². The molecule has 1 heterocycles. The van der Waals surface area contributed by atoms with E-state index in [0.717, 1.165) is 11.3 Å². The average molecular weight is 355 g/mol. The van der Waals surface area contributed by atoms with Crippen LogP contribution < -0.4 is 10.9 Å². The molecular formula is C18H14FN3O2S. The van der Waals surface area contributed by atoms with Gasteiger partial charge in [-0.1, -0.05) is 42.5 Å². The first-order valence-corrected chi connectivity index (χ1v) is 8.35. The highest BCUT2D eigenvalue weighted by molar-refractivity contribution is 7.10. The lowest BCUT2D eigenvalue weighted by molar-refractivity contribution is -0.121. The molecule has 2 N–H and O–H groups in total. The van der Waals surface area contributed by atoms with Gasteiger partial charge >= 0.3 is 0 Å². The number of rotatable bonds is 4. The van der Waals surface area contributed by atoms with Crippen molar-refractivity contribution < 1.29 is 14.0 Å². The minimum absolute atomic E-state index is 0.0229. The van der Waals surface area contributed by atoms with Crippen LogP contribution in [-0.2, 0) is 11.2 Å². The molecule has 0 atom stereocenters. The molecule has 3 rings (SSSR count). The van der Waals surface area contributed by atoms with Gasteiger partial charge in [0.25, 0.3) is 5.91 Å². The summed E-state index contributed by atoms with van der Waals surface area (Å²) in [5.74, 6) is -1.80. The van der Waals surface area contributed by atoms with Crippen LogP contribution >= 0.6 is 11.3 Å². The van der Waals surface area contributed by atoms with Crippen molar-refractivity contribution in [1.29, 1.82) is 0 Å². The highest BCUT2D eigenvalue weighted by Gasteiger charge is 2.13. The van der Waals surface area contributed by atoms with Crippen molar-refractivity contribution >= 4 is 23.2 Å². The van der Waals surface area contributed by atoms with Crippen LogP contribution in [0.15, 0.2) is 60.0 Å². The third kappa shape index (κ3) is 4.27. The summed E-state index contributed by atoms with van der Waals surface area (Å²) >= 11 is 1.36. The molecule has 0 fully saturated rings. The normalized spacial score (nSPS) is 10.3. The fraction of sp³-hybridized carbons (Fsp3) is 0.0556. The molecule has 0 saturated heterocycles. The maximum atomic E-state index is 13.5. The second-order valence-corrected chi connectivity index (χ2v) is 6.09. The van der Waals surface area contributed by atoms with Crippen LogP contribution in [-0.4, -0.2) is 16.8 Å². The Morgan fingerprint density at radius 3 is 2.48 bits per heavy atom. The van der Waals surface area contributed by atoms with Crippen molar-refractivity contribution in [3.05, 3.63) is 76.4 Å². The number of halogens is 1. The molecular weight excluding hydrogens is 341 g/mol. The minimum Gasteiger partial charge on any atom is -0.273 e. The summed E-state index contributed by atoms with van der Waals surface area (Å²) in [7, 11) is 0. The molecule has 0 aliphatic carbocycles. The van der Waals surface area contributed by atoms with Gasteiger partial charge in [0.1, 0.15) is 10.8 Å². The minimum atomic E-state index is -0.712. The van der Waals surface area contributed by atoms with Crippen molar-refractivity contribution in [2.75, 3.05) is 0 Å². The summed E-state index contributed by atoms with van der Waals surface area (Å²) in [5, 5.41) is 2.49. The zero-order valence-corrected chi connectivity index (χ0v) is 13.8. The van der Waals surface area contributed by atoms with Gasteiger partial charge in [0.05, 0.1) is 17.7 Å². The molecule has 0 aliphatic rings. The van der Waals surface area contributed by atoms with Crippen molar-refractivity contribution in [2.45, 2.75) is 6.42 Å². The highest BCUT2D eigenvalue weighted by atomic mass is 32.1. The van der Waals surface area contributed by atoms with Crippen molar-refractivity contribution in [1.82, 2.24) is 15.8 Å². The number of nitrogens with zero attached hydrogens (tertiary/aromatic N) is 1. The van der Waals surface area contributed by atoms with Crippen molar-refractivity contribution in [3.8, 4) is 11.3 Å². The van der Waals surface area contributed by atoms with E-state index in [-0.39, 0.29) is 12.0 Å². The standard InChI is InChI=1S/C18H14FN3O2S/c19-14-9-5-4-8-13(14)18(24)22-21-16(23)10-17-20-15(11-25-17)12-6-2-1-3-7-12/h1-9,11H,10H2,(H,21,23)(H,22,24). The number of carbonyl (C=O) groups excluding carboxylic acids is 2. The molecule has 126 valence electrons. The Balaban J connectivity index is 1.56. The zero-order valence-electron chi connectivity index (χ0n) is 13.0. The van der Waals surface area contributed by atoms with E-state index in [1.807, 2.05) is 35.7 Å². The van der Waals surface area contributed by atoms with Gasteiger partial charge in [0.2, 0.25) is 5.91 Å². The molecule has 0 saturated carbocycles. The van der Waals surface area contributed by atoms with Crippen LogP contribution in [0.4, 0.5) is 4.39 Å². The van der Waals surface area contributed by atoms with E-state index < -0.39 is 17.6 Å². The summed E-state index contributed by atoms with van der Waals surface area (Å²) in [4.78, 5) is 28.2. The van der Waals surface area contributed by atoms with Gasteiger partial charge in [-0.25, -0.2) is 9.37 Å². The average Bonchev–Trinajstić information content (AvgIpc) is 3.09. The van der Waals surface area contributed by atoms with Gasteiger partial charge in [-0.05, 0) is 12.1 Å². The van der Waals surface area contributed by atoms with Crippen LogP contribution in [0.2, 0.25) is 0 Å². The topological polar surface area (TPSA) is 71.1 Å². The first-order chi connectivity index (χ1) is 12.1. The molecule has 0 unspecified atom stereocenters. The fourth-order valence-electron chi connectivity index (χ4n) is 2.15. The summed E-state index contributed by atoms with van der Waals surface area (Å²) in [6.07, 6.45) is 0.0229. The number of benzene rings is 2. The number of hydrogen-bond donors (Lipinski definition) is 2. The lowest BCUT2D eigenvalue weighted by Crippen LogP contribution is -2.42. The summed E-state index contributed by atoms with van der Waals surface area (Å²) in [6, 6.07) is 15.2. The quantitative estimate of drug-likeness (QED) is 0.707. The Bertz CT molecular complexity index is 896. The largest absolute Gasteiger partial charge is 0.273 e. The van der Waals surface area contributed by atoms with Crippen LogP contribution in [0.3, 0.4) is 0 Å². The second-order valence-electron chi connectivity index (χ2n) is 5.15. The maximum absolute atomic E-state index is 13.5. The maximum Gasteiger partial charge on any atom is 0.272 e. The number of hydrogen-bond acceptors (Lipinski definition) is 4. The molecule has 0 radical (unpaired) electrons. The Morgan fingerprint density at radius 1 is 1.00 bits per heavy atom. The number of hydrazine groups is 1. The third-order valence-electron chi connectivity index (χ3n) is 3.37. The summed E-state index contributed by atoms with van der Waals surface area (Å²) in [6.45, 7) is 0. The molecule has 2 aromatic carbocycles. The van der Waals surface area contributed by atoms with Crippen LogP contribution in [0.1, 0.15) is 15.4 Å². The van der Waals surface area contributed by atoms with Crippen molar-refractivity contribution in [3.63, 3.8) is 0 Å². The smallest absolute Gasteiger partial charge is 0.272 e. The number of nitrogens with one attached hydrogen (secondary N) is 2. The van der Waals surface area contributed by atoms with E-state index in [9.17, 15) is 14.0 Å². The zero-order chi connectivity index (χ0) is 17.6. The van der Waals surface area contributed by atoms with Gasteiger partial charge in [-0.2, -0.15) is 0 Å². The van der Waals surface area contributed by atoms with Gasteiger partial charge < -0.3 is 0 Å². The molecule has 0 aliphatic heterocycles. The summed E-state index contributed by atoms with van der Waals surface area (Å²) < 4.78 is 13.5. The highest BCUT2D eigenvalue weighted by Crippen LogP contribution is 2.21. The van der Waals surface area contributed by atoms with Gasteiger partial charge in [0.15, 0.2) is 0 Å². The van der Waals surface area contributed by atoms with E-state index in [4.69, 9.17) is 0 Å². The van der Waals surface area contributed by atoms with Gasteiger partial charge in [-0.3, -0.25) is 20.4 Å². The molecule has 3 aromatic rings. The molecule has 0 spiro atoms. The molecule has 0 bridgehead atoms. The molecule has 7 heteroatoms. The lowest BCUT2D eigenvalue weighted by Gasteiger charge is -2.07. The Kier molecular flexibility index (Phi) is 5.15. The van der Waals surface area contributed by atoms with Gasteiger partial charge in [0, 0.05) is 10.9 Å². The molecule has 2 amide bonds. The summed E-state index contributed by atoms with van der Waals surface area (Å²) in [5.41, 5.74) is 6.09. The lowest BCUT2D eigenvalue weighted by atomic mass is 10.2. The number of carbonyl (C=O) groups is 2. The van der Waals surface area contributed by atoms with Gasteiger partial charge in [-0.15, -0.1) is 11.3 Å². The first kappa shape index (κ1) is 16.8. The number of amides is 2. The van der Waals surface area contributed by atoms with Crippen LogP contribution in [0, 0.1) is 5.82 Å². The van der Waals surface area contributed by atoms with Crippen molar-refractivity contribution in [2.24, 2.45) is 0 Å². The van der Waals surface area contributed by atoms with E-state index in [1.165, 1.54) is 29.5 Å². The second kappa shape index (κ2) is 7.67. The molecule has 1 aromatic heterocycles. The Labute approximate surface area is 147 Å². The van der Waals surface area contributed by atoms with E-state index in [2.05, 4.69) is 15.8 Å². The number of thiazole rings is 1. The predicted octanol–water partition coefficient (Wildman–Crippen LogP) is 2.95. The predicted molar refractivity (Wildman–Crippen MR) is 93.3 cm³/mol. The van der Waals surface area contributed by atoms with E-state index in [0.29, 0.717) is 5.01 Å². The molecule has 5 nitrogen and oxygen atoms in total. The molecule has 25 heavy (non-hydrogen) atoms. The van der Waals surface area contributed by atoms with Crippen LogP contribution in [0.5, 0.6) is 0 Å². The SMILES string of the molecule is O=C(Cc1nc(-c2ccccc2)cs1)NNC(=O)c1ccccc1F. The third-order valence-corrected chi connectivity index (χ3v) is 4.22. The number of aromatic nitrogens is 1. The monoisotopic (exact) mass is 355 g/mol. The Morgan fingerprint density at radius 2 is 1.72 bits per heavy atom. The Hall–Kier alpha value is -3.06. The van der Waals surface area contributed by atoms with Crippen LogP contribution in [0.25, 0.3) is 11.3 Å². The first-order valence-electron chi connectivity index (χ1n) is 7.47. The fourth-order valence-corrected chi connectivity index (χ4v) is 2.96.